The molecule has 0 fully saturated rings. The number of rotatable bonds is 3. The predicted octanol–water partition coefficient (Wildman–Crippen LogP) is 4.32. The highest BCUT2D eigenvalue weighted by Crippen LogP contribution is 2.30. The smallest absolute Gasteiger partial charge is 0.267 e. The summed E-state index contributed by atoms with van der Waals surface area (Å²) < 4.78 is 1.37. The van der Waals surface area contributed by atoms with Gasteiger partial charge in [0.25, 0.3) is 5.56 Å². The molecule has 122 valence electrons. The Hall–Kier alpha value is -3.05. The van der Waals surface area contributed by atoms with Crippen LogP contribution in [-0.4, -0.2) is 15.9 Å². The lowest BCUT2D eigenvalue weighted by atomic mass is 10.1. The van der Waals surface area contributed by atoms with Crippen molar-refractivity contribution in [2.45, 2.75) is 6.92 Å². The molecule has 5 heteroatoms. The summed E-state index contributed by atoms with van der Waals surface area (Å²) in [6, 6.07) is 19.6. The Labute approximate surface area is 148 Å². The monoisotopic (exact) mass is 345 g/mol. The molecule has 2 aromatic heterocycles. The van der Waals surface area contributed by atoms with Crippen molar-refractivity contribution in [1.29, 1.82) is 0 Å². The normalized spacial score (nSPS) is 11.4. The van der Waals surface area contributed by atoms with Crippen molar-refractivity contribution in [2.75, 3.05) is 0 Å². The summed E-state index contributed by atoms with van der Waals surface area (Å²) in [6.07, 6.45) is 1.68. The SMILES string of the molecule is Cc1nc2scc(-c3ccccc3)c2c(=O)n1/N=C/c1ccccc1. The van der Waals surface area contributed by atoms with Crippen molar-refractivity contribution in [1.82, 2.24) is 9.66 Å². The van der Waals surface area contributed by atoms with Crippen LogP contribution in [0.15, 0.2) is 75.9 Å². The molecule has 2 heterocycles. The first-order chi connectivity index (χ1) is 12.2. The number of benzene rings is 2. The topological polar surface area (TPSA) is 47.2 Å². The second-order valence-corrected chi connectivity index (χ2v) is 6.48. The molecule has 0 N–H and O–H groups in total. The van der Waals surface area contributed by atoms with Gasteiger partial charge in [-0.3, -0.25) is 4.79 Å². The summed E-state index contributed by atoms with van der Waals surface area (Å²) in [5.74, 6) is 0.575. The summed E-state index contributed by atoms with van der Waals surface area (Å²) in [4.78, 5) is 18.3. The molecule has 0 saturated carbocycles. The van der Waals surface area contributed by atoms with Crippen LogP contribution < -0.4 is 5.56 Å². The van der Waals surface area contributed by atoms with Crippen LogP contribution in [0.3, 0.4) is 0 Å². The highest BCUT2D eigenvalue weighted by molar-refractivity contribution is 7.17. The van der Waals surface area contributed by atoms with Gasteiger partial charge in [0, 0.05) is 10.9 Å². The molecular formula is C20H15N3OS. The maximum Gasteiger partial charge on any atom is 0.283 e. The summed E-state index contributed by atoms with van der Waals surface area (Å²) in [5.41, 5.74) is 2.70. The highest BCUT2D eigenvalue weighted by atomic mass is 32.1. The van der Waals surface area contributed by atoms with E-state index in [-0.39, 0.29) is 5.56 Å². The number of thiophene rings is 1. The summed E-state index contributed by atoms with van der Waals surface area (Å²) in [7, 11) is 0. The van der Waals surface area contributed by atoms with E-state index in [2.05, 4.69) is 10.1 Å². The van der Waals surface area contributed by atoms with Gasteiger partial charge in [-0.2, -0.15) is 9.78 Å². The maximum absolute atomic E-state index is 13.0. The Morgan fingerprint density at radius 3 is 2.44 bits per heavy atom. The summed E-state index contributed by atoms with van der Waals surface area (Å²) >= 11 is 1.48. The van der Waals surface area contributed by atoms with Crippen LogP contribution in [0.5, 0.6) is 0 Å². The lowest BCUT2D eigenvalue weighted by Gasteiger charge is -2.04. The molecule has 4 rings (SSSR count). The van der Waals surface area contributed by atoms with Gasteiger partial charge in [-0.15, -0.1) is 11.3 Å². The first kappa shape index (κ1) is 15.5. The number of fused-ring (bicyclic) bond motifs is 1. The van der Waals surface area contributed by atoms with Crippen LogP contribution in [0, 0.1) is 6.92 Å². The Balaban J connectivity index is 1.89. The molecule has 0 atom stereocenters. The minimum absolute atomic E-state index is 0.144. The van der Waals surface area contributed by atoms with E-state index in [9.17, 15) is 4.79 Å². The van der Waals surface area contributed by atoms with Gasteiger partial charge in [0.05, 0.1) is 11.6 Å². The molecule has 25 heavy (non-hydrogen) atoms. The van der Waals surface area contributed by atoms with Crippen molar-refractivity contribution in [3.8, 4) is 11.1 Å². The van der Waals surface area contributed by atoms with Crippen LogP contribution in [0.1, 0.15) is 11.4 Å². The van der Waals surface area contributed by atoms with Gasteiger partial charge in [0.2, 0.25) is 0 Å². The molecule has 0 aliphatic carbocycles. The average molecular weight is 345 g/mol. The van der Waals surface area contributed by atoms with E-state index in [1.807, 2.05) is 66.0 Å². The van der Waals surface area contributed by atoms with E-state index < -0.39 is 0 Å². The zero-order valence-electron chi connectivity index (χ0n) is 13.6. The Morgan fingerprint density at radius 1 is 1.04 bits per heavy atom. The van der Waals surface area contributed by atoms with Crippen LogP contribution in [0.4, 0.5) is 0 Å². The minimum Gasteiger partial charge on any atom is -0.267 e. The van der Waals surface area contributed by atoms with E-state index in [0.29, 0.717) is 11.2 Å². The van der Waals surface area contributed by atoms with Gasteiger partial charge in [-0.1, -0.05) is 60.7 Å². The third-order valence-electron chi connectivity index (χ3n) is 3.95. The van der Waals surface area contributed by atoms with Gasteiger partial charge in [0.1, 0.15) is 10.7 Å². The van der Waals surface area contributed by atoms with E-state index >= 15 is 0 Å². The Morgan fingerprint density at radius 2 is 1.72 bits per heavy atom. The van der Waals surface area contributed by atoms with E-state index in [1.165, 1.54) is 16.0 Å². The number of hydrogen-bond donors (Lipinski definition) is 0. The standard InChI is InChI=1S/C20H15N3OS/c1-14-22-19-18(17(13-25-19)16-10-6-3-7-11-16)20(24)23(14)21-12-15-8-4-2-5-9-15/h2-13H,1H3/b21-12+. The lowest BCUT2D eigenvalue weighted by Crippen LogP contribution is -2.20. The Kier molecular flexibility index (Phi) is 3.99. The molecule has 4 nitrogen and oxygen atoms in total. The molecule has 0 unspecified atom stereocenters. The predicted molar refractivity (Wildman–Crippen MR) is 103 cm³/mol. The van der Waals surface area contributed by atoms with Gasteiger partial charge in [0.15, 0.2) is 0 Å². The Bertz CT molecular complexity index is 1110. The molecule has 4 aromatic rings. The molecule has 0 spiro atoms. The van der Waals surface area contributed by atoms with Crippen molar-refractivity contribution in [2.24, 2.45) is 5.10 Å². The quantitative estimate of drug-likeness (QED) is 0.519. The third-order valence-corrected chi connectivity index (χ3v) is 4.83. The van der Waals surface area contributed by atoms with Gasteiger partial charge in [-0.25, -0.2) is 4.98 Å². The first-order valence-corrected chi connectivity index (χ1v) is 8.77. The summed E-state index contributed by atoms with van der Waals surface area (Å²) in [5, 5.41) is 6.96. The lowest BCUT2D eigenvalue weighted by molar-refractivity contribution is 0.772. The fraction of sp³-hybridized carbons (Fsp3) is 0.0500. The second-order valence-electron chi connectivity index (χ2n) is 5.63. The van der Waals surface area contributed by atoms with Crippen LogP contribution in [0.25, 0.3) is 21.3 Å². The number of aromatic nitrogens is 2. The van der Waals surface area contributed by atoms with E-state index in [0.717, 1.165) is 21.5 Å². The minimum atomic E-state index is -0.144. The number of hydrogen-bond acceptors (Lipinski definition) is 4. The largest absolute Gasteiger partial charge is 0.283 e. The molecule has 0 aliphatic heterocycles. The first-order valence-electron chi connectivity index (χ1n) is 7.90. The van der Waals surface area contributed by atoms with E-state index in [4.69, 9.17) is 0 Å². The zero-order valence-corrected chi connectivity index (χ0v) is 14.4. The fourth-order valence-corrected chi connectivity index (χ4v) is 3.70. The van der Waals surface area contributed by atoms with Crippen molar-refractivity contribution in [3.63, 3.8) is 0 Å². The second kappa shape index (κ2) is 6.45. The van der Waals surface area contributed by atoms with Gasteiger partial charge in [-0.05, 0) is 18.1 Å². The van der Waals surface area contributed by atoms with Gasteiger partial charge < -0.3 is 0 Å². The fourth-order valence-electron chi connectivity index (χ4n) is 2.71. The van der Waals surface area contributed by atoms with Crippen molar-refractivity contribution < 1.29 is 0 Å². The average Bonchev–Trinajstić information content (AvgIpc) is 3.07. The summed E-state index contributed by atoms with van der Waals surface area (Å²) in [6.45, 7) is 1.80. The van der Waals surface area contributed by atoms with Crippen LogP contribution in [-0.2, 0) is 0 Å². The molecule has 0 aliphatic rings. The third kappa shape index (κ3) is 2.90. The number of aryl methyl sites for hydroxylation is 1. The molecule has 0 radical (unpaired) electrons. The molecular weight excluding hydrogens is 330 g/mol. The van der Waals surface area contributed by atoms with Gasteiger partial charge >= 0.3 is 0 Å². The molecule has 0 bridgehead atoms. The molecule has 2 aromatic carbocycles. The van der Waals surface area contributed by atoms with Crippen LogP contribution >= 0.6 is 11.3 Å². The van der Waals surface area contributed by atoms with Crippen molar-refractivity contribution in [3.05, 3.63) is 87.8 Å². The van der Waals surface area contributed by atoms with Crippen LogP contribution in [0.2, 0.25) is 0 Å². The molecule has 0 amide bonds. The maximum atomic E-state index is 13.0. The molecule has 0 saturated heterocycles. The zero-order chi connectivity index (χ0) is 17.2. The van der Waals surface area contributed by atoms with E-state index in [1.54, 1.807) is 13.1 Å². The van der Waals surface area contributed by atoms with Crippen molar-refractivity contribution >= 4 is 27.8 Å². The number of nitrogens with zero attached hydrogens (tertiary/aromatic N) is 3. The highest BCUT2D eigenvalue weighted by Gasteiger charge is 2.14.